The number of para-hydroxylation sites is 1. The van der Waals surface area contributed by atoms with Gasteiger partial charge in [0.2, 0.25) is 0 Å². The van der Waals surface area contributed by atoms with Gasteiger partial charge in [-0.1, -0.05) is 18.2 Å². The van der Waals surface area contributed by atoms with Crippen molar-refractivity contribution in [2.24, 2.45) is 5.73 Å². The largest absolute Gasteiger partial charge is 0.365 e. The first-order valence-electron chi connectivity index (χ1n) is 8.53. The molecule has 1 fully saturated rings. The molecule has 1 saturated heterocycles. The van der Waals surface area contributed by atoms with Gasteiger partial charge in [-0.05, 0) is 7.05 Å². The third kappa shape index (κ3) is 3.89. The Bertz CT molecular complexity index is 775. The Labute approximate surface area is 152 Å². The van der Waals surface area contributed by atoms with Gasteiger partial charge >= 0.3 is 0 Å². The van der Waals surface area contributed by atoms with E-state index in [1.54, 1.807) is 18.2 Å². The zero-order valence-corrected chi connectivity index (χ0v) is 14.8. The molecule has 0 spiro atoms. The van der Waals surface area contributed by atoms with E-state index in [2.05, 4.69) is 32.1 Å². The molecule has 1 aromatic heterocycles. The average Bonchev–Trinajstić information content (AvgIpc) is 2.66. The highest BCUT2D eigenvalue weighted by atomic mass is 16.6. The standard InChI is InChI=1S/C17H23N7O2/c1-22-6-8-23(9-7-22)17-14(10-18)16(20-12-21-17)19-11-13-4-2-3-5-15(13)24(25)26/h2-5,12H,6-11,18H2,1H3,(H,19,20,21). The maximum atomic E-state index is 11.2. The number of nitro groups is 1. The molecule has 9 nitrogen and oxygen atoms in total. The van der Waals surface area contributed by atoms with Crippen molar-refractivity contribution in [2.75, 3.05) is 43.4 Å². The molecule has 3 N–H and O–H groups in total. The Balaban J connectivity index is 1.80. The molecule has 0 saturated carbocycles. The molecule has 0 radical (unpaired) electrons. The molecule has 0 unspecified atom stereocenters. The quantitative estimate of drug-likeness (QED) is 0.586. The average molecular weight is 357 g/mol. The summed E-state index contributed by atoms with van der Waals surface area (Å²) in [5.74, 6) is 1.45. The van der Waals surface area contributed by atoms with E-state index in [-0.39, 0.29) is 10.6 Å². The van der Waals surface area contributed by atoms with E-state index in [1.807, 2.05) is 0 Å². The van der Waals surface area contributed by atoms with Crippen molar-refractivity contribution in [3.63, 3.8) is 0 Å². The van der Waals surface area contributed by atoms with Crippen LogP contribution >= 0.6 is 0 Å². The summed E-state index contributed by atoms with van der Waals surface area (Å²) in [6.45, 7) is 4.28. The van der Waals surface area contributed by atoms with Gasteiger partial charge in [-0.2, -0.15) is 0 Å². The molecule has 0 amide bonds. The number of benzene rings is 1. The van der Waals surface area contributed by atoms with E-state index < -0.39 is 0 Å². The molecule has 2 heterocycles. The predicted molar refractivity (Wildman–Crippen MR) is 100 cm³/mol. The van der Waals surface area contributed by atoms with Crippen molar-refractivity contribution >= 4 is 17.3 Å². The predicted octanol–water partition coefficient (Wildman–Crippen LogP) is 1.21. The van der Waals surface area contributed by atoms with Gasteiger partial charge in [0.05, 0.1) is 10.5 Å². The number of piperazine rings is 1. The number of hydrogen-bond donors (Lipinski definition) is 2. The minimum Gasteiger partial charge on any atom is -0.365 e. The maximum absolute atomic E-state index is 11.2. The van der Waals surface area contributed by atoms with Gasteiger partial charge in [-0.15, -0.1) is 0 Å². The fraction of sp³-hybridized carbons (Fsp3) is 0.412. The van der Waals surface area contributed by atoms with Crippen molar-refractivity contribution in [3.05, 3.63) is 51.8 Å². The van der Waals surface area contributed by atoms with Gasteiger partial charge in [-0.3, -0.25) is 10.1 Å². The van der Waals surface area contributed by atoms with Gasteiger partial charge in [0.15, 0.2) is 0 Å². The van der Waals surface area contributed by atoms with Crippen LogP contribution in [0.5, 0.6) is 0 Å². The Morgan fingerprint density at radius 2 is 1.96 bits per heavy atom. The number of nitrogens with two attached hydrogens (primary N) is 1. The lowest BCUT2D eigenvalue weighted by Crippen LogP contribution is -2.45. The fourth-order valence-corrected chi connectivity index (χ4v) is 3.05. The molecular weight excluding hydrogens is 334 g/mol. The van der Waals surface area contributed by atoms with Crippen LogP contribution in [0, 0.1) is 10.1 Å². The minimum absolute atomic E-state index is 0.0858. The summed E-state index contributed by atoms with van der Waals surface area (Å²) >= 11 is 0. The highest BCUT2D eigenvalue weighted by Crippen LogP contribution is 2.25. The lowest BCUT2D eigenvalue weighted by atomic mass is 10.1. The lowest BCUT2D eigenvalue weighted by molar-refractivity contribution is -0.385. The van der Waals surface area contributed by atoms with E-state index in [9.17, 15) is 10.1 Å². The van der Waals surface area contributed by atoms with Crippen LogP contribution in [0.25, 0.3) is 0 Å². The molecule has 0 aliphatic carbocycles. The summed E-state index contributed by atoms with van der Waals surface area (Å²) in [5.41, 5.74) is 7.48. The molecule has 1 aliphatic rings. The second-order valence-corrected chi connectivity index (χ2v) is 6.26. The van der Waals surface area contributed by atoms with Gasteiger partial charge in [-0.25, -0.2) is 9.97 Å². The van der Waals surface area contributed by atoms with Crippen molar-refractivity contribution in [1.29, 1.82) is 0 Å². The normalized spacial score (nSPS) is 15.1. The third-order valence-corrected chi connectivity index (χ3v) is 4.56. The summed E-state index contributed by atoms with van der Waals surface area (Å²) in [4.78, 5) is 24.0. The molecule has 9 heteroatoms. The molecule has 26 heavy (non-hydrogen) atoms. The van der Waals surface area contributed by atoms with Crippen molar-refractivity contribution in [2.45, 2.75) is 13.1 Å². The second-order valence-electron chi connectivity index (χ2n) is 6.26. The molecule has 0 atom stereocenters. The summed E-state index contributed by atoms with van der Waals surface area (Å²) < 4.78 is 0. The first kappa shape index (κ1) is 18.0. The van der Waals surface area contributed by atoms with E-state index >= 15 is 0 Å². The van der Waals surface area contributed by atoms with Gasteiger partial charge < -0.3 is 20.9 Å². The van der Waals surface area contributed by atoms with Crippen LogP contribution < -0.4 is 16.0 Å². The lowest BCUT2D eigenvalue weighted by Gasteiger charge is -2.34. The molecule has 138 valence electrons. The van der Waals surface area contributed by atoms with Crippen LogP contribution in [-0.4, -0.2) is 53.0 Å². The molecule has 1 aliphatic heterocycles. The van der Waals surface area contributed by atoms with E-state index in [0.717, 1.165) is 37.6 Å². The Hall–Kier alpha value is -2.78. The maximum Gasteiger partial charge on any atom is 0.274 e. The van der Waals surface area contributed by atoms with Gasteiger partial charge in [0, 0.05) is 50.9 Å². The molecule has 3 rings (SSSR count). The minimum atomic E-state index is -0.378. The monoisotopic (exact) mass is 357 g/mol. The van der Waals surface area contributed by atoms with Crippen LogP contribution in [0.1, 0.15) is 11.1 Å². The highest BCUT2D eigenvalue weighted by molar-refractivity contribution is 5.59. The number of rotatable bonds is 6. The zero-order valence-electron chi connectivity index (χ0n) is 14.8. The molecule has 2 aromatic rings. The molecule has 1 aromatic carbocycles. The van der Waals surface area contributed by atoms with E-state index in [1.165, 1.54) is 12.4 Å². The van der Waals surface area contributed by atoms with Crippen LogP contribution in [0.15, 0.2) is 30.6 Å². The third-order valence-electron chi connectivity index (χ3n) is 4.56. The summed E-state index contributed by atoms with van der Waals surface area (Å²) in [5, 5.41) is 14.4. The van der Waals surface area contributed by atoms with E-state index in [4.69, 9.17) is 5.73 Å². The number of nitrogens with zero attached hydrogens (tertiary/aromatic N) is 5. The van der Waals surface area contributed by atoms with Crippen LogP contribution in [0.3, 0.4) is 0 Å². The van der Waals surface area contributed by atoms with Crippen LogP contribution in [0.2, 0.25) is 0 Å². The van der Waals surface area contributed by atoms with Crippen molar-refractivity contribution in [3.8, 4) is 0 Å². The summed E-state index contributed by atoms with van der Waals surface area (Å²) in [6, 6.07) is 6.67. The topological polar surface area (TPSA) is 113 Å². The number of aromatic nitrogens is 2. The Morgan fingerprint density at radius 1 is 1.23 bits per heavy atom. The SMILES string of the molecule is CN1CCN(c2ncnc(NCc3ccccc3[N+](=O)[O-])c2CN)CC1. The fourth-order valence-electron chi connectivity index (χ4n) is 3.05. The summed E-state index contributed by atoms with van der Waals surface area (Å²) in [6.07, 6.45) is 1.51. The molecule has 0 bridgehead atoms. The zero-order chi connectivity index (χ0) is 18.5. The number of hydrogen-bond acceptors (Lipinski definition) is 8. The summed E-state index contributed by atoms with van der Waals surface area (Å²) in [7, 11) is 2.10. The first-order valence-corrected chi connectivity index (χ1v) is 8.53. The Morgan fingerprint density at radius 3 is 2.65 bits per heavy atom. The smallest absolute Gasteiger partial charge is 0.274 e. The van der Waals surface area contributed by atoms with Crippen LogP contribution in [0.4, 0.5) is 17.3 Å². The second kappa shape index (κ2) is 8.07. The van der Waals surface area contributed by atoms with Gasteiger partial charge in [0.25, 0.3) is 5.69 Å². The Kier molecular flexibility index (Phi) is 5.59. The molecular formula is C17H23N7O2. The highest BCUT2D eigenvalue weighted by Gasteiger charge is 2.20. The number of likely N-dealkylation sites (N-methyl/N-ethyl adjacent to an activating group) is 1. The van der Waals surface area contributed by atoms with Crippen molar-refractivity contribution < 1.29 is 4.92 Å². The number of anilines is 2. The van der Waals surface area contributed by atoms with Crippen molar-refractivity contribution in [1.82, 2.24) is 14.9 Å². The first-order chi connectivity index (χ1) is 12.6. The van der Waals surface area contributed by atoms with Crippen LogP contribution in [-0.2, 0) is 13.1 Å². The van der Waals surface area contributed by atoms with E-state index in [0.29, 0.717) is 24.5 Å². The number of nitrogens with one attached hydrogen (secondary N) is 1. The van der Waals surface area contributed by atoms with Gasteiger partial charge in [0.1, 0.15) is 18.0 Å². The number of nitro benzene ring substituents is 1.